The topological polar surface area (TPSA) is 49.8 Å². The first-order valence-corrected chi connectivity index (χ1v) is 4.52. The van der Waals surface area contributed by atoms with Gasteiger partial charge in [0, 0.05) is 6.04 Å². The predicted molar refractivity (Wildman–Crippen MR) is 51.1 cm³/mol. The van der Waals surface area contributed by atoms with E-state index in [1.807, 2.05) is 12.1 Å². The van der Waals surface area contributed by atoms with Crippen LogP contribution in [0.1, 0.15) is 34.7 Å². The van der Waals surface area contributed by atoms with Gasteiger partial charge in [-0.2, -0.15) is 5.26 Å². The average molecular weight is 172 g/mol. The van der Waals surface area contributed by atoms with E-state index in [0.717, 1.165) is 18.4 Å². The van der Waals surface area contributed by atoms with E-state index in [4.69, 9.17) is 11.0 Å². The summed E-state index contributed by atoms with van der Waals surface area (Å²) < 4.78 is 0. The Labute approximate surface area is 78.0 Å². The second-order valence-electron chi connectivity index (χ2n) is 3.58. The van der Waals surface area contributed by atoms with E-state index in [1.54, 1.807) is 0 Å². The highest BCUT2D eigenvalue weighted by Gasteiger charge is 2.23. The third-order valence-corrected chi connectivity index (χ3v) is 2.77. The molecular formula is C11H12N2. The van der Waals surface area contributed by atoms with Crippen molar-refractivity contribution in [3.8, 4) is 6.07 Å². The molecule has 66 valence electrons. The highest BCUT2D eigenvalue weighted by molar-refractivity contribution is 5.50. The normalized spacial score (nSPS) is 19.6. The van der Waals surface area contributed by atoms with E-state index in [9.17, 15) is 0 Å². The number of hydrogen-bond acceptors (Lipinski definition) is 2. The van der Waals surface area contributed by atoms with Gasteiger partial charge in [-0.1, -0.05) is 6.07 Å². The van der Waals surface area contributed by atoms with Crippen molar-refractivity contribution in [1.29, 1.82) is 5.26 Å². The van der Waals surface area contributed by atoms with Crippen molar-refractivity contribution >= 4 is 0 Å². The smallest absolute Gasteiger partial charge is 0.0994 e. The quantitative estimate of drug-likeness (QED) is 0.648. The van der Waals surface area contributed by atoms with Crippen LogP contribution in [0.4, 0.5) is 0 Å². The molecular weight excluding hydrogens is 160 g/mol. The van der Waals surface area contributed by atoms with Crippen molar-refractivity contribution < 1.29 is 0 Å². The largest absolute Gasteiger partial charge is 0.324 e. The Hall–Kier alpha value is -1.33. The molecule has 0 fully saturated rings. The Bertz CT molecular complexity index is 388. The van der Waals surface area contributed by atoms with E-state index >= 15 is 0 Å². The zero-order valence-corrected chi connectivity index (χ0v) is 7.67. The molecule has 1 aliphatic rings. The summed E-state index contributed by atoms with van der Waals surface area (Å²) in [6.07, 6.45) is 1.94. The van der Waals surface area contributed by atoms with Crippen LogP contribution in [0.25, 0.3) is 0 Å². The maximum absolute atomic E-state index is 8.89. The Morgan fingerprint density at radius 1 is 1.54 bits per heavy atom. The Balaban J connectivity index is 2.67. The Kier molecular flexibility index (Phi) is 1.82. The highest BCUT2D eigenvalue weighted by Crippen LogP contribution is 2.33. The van der Waals surface area contributed by atoms with Crippen molar-refractivity contribution in [2.24, 2.45) is 5.73 Å². The maximum atomic E-state index is 8.89. The lowest BCUT2D eigenvalue weighted by Gasteiger charge is -2.09. The number of hydrogen-bond donors (Lipinski definition) is 1. The summed E-state index contributed by atoms with van der Waals surface area (Å²) in [6, 6.07) is 6.25. The highest BCUT2D eigenvalue weighted by atomic mass is 14.6. The molecule has 1 atom stereocenters. The van der Waals surface area contributed by atoms with Crippen molar-refractivity contribution in [3.63, 3.8) is 0 Å². The molecule has 0 radical (unpaired) electrons. The minimum atomic E-state index is 0.142. The molecule has 0 spiro atoms. The number of rotatable bonds is 0. The molecule has 1 aromatic rings. The van der Waals surface area contributed by atoms with E-state index in [-0.39, 0.29) is 6.04 Å². The van der Waals surface area contributed by atoms with Crippen molar-refractivity contribution in [1.82, 2.24) is 0 Å². The van der Waals surface area contributed by atoms with Crippen LogP contribution in [0.15, 0.2) is 12.1 Å². The van der Waals surface area contributed by atoms with Gasteiger partial charge in [0.2, 0.25) is 0 Å². The molecule has 0 unspecified atom stereocenters. The van der Waals surface area contributed by atoms with E-state index in [2.05, 4.69) is 13.0 Å². The summed E-state index contributed by atoms with van der Waals surface area (Å²) >= 11 is 0. The average Bonchev–Trinajstić information content (AvgIpc) is 2.50. The number of nitrogens with zero attached hydrogens (tertiary/aromatic N) is 1. The molecule has 2 nitrogen and oxygen atoms in total. The van der Waals surface area contributed by atoms with Crippen LogP contribution < -0.4 is 5.73 Å². The monoisotopic (exact) mass is 172 g/mol. The van der Waals surface area contributed by atoms with Crippen LogP contribution in [0.3, 0.4) is 0 Å². The van der Waals surface area contributed by atoms with Crippen LogP contribution in [0.5, 0.6) is 0 Å². The Morgan fingerprint density at radius 2 is 2.31 bits per heavy atom. The Morgan fingerprint density at radius 3 is 3.00 bits per heavy atom. The first-order chi connectivity index (χ1) is 6.24. The van der Waals surface area contributed by atoms with Gasteiger partial charge in [0.25, 0.3) is 0 Å². The van der Waals surface area contributed by atoms with Gasteiger partial charge in [0.15, 0.2) is 0 Å². The molecule has 0 aromatic heterocycles. The van der Waals surface area contributed by atoms with E-state index in [1.165, 1.54) is 16.7 Å². The van der Waals surface area contributed by atoms with Crippen molar-refractivity contribution in [3.05, 3.63) is 34.4 Å². The van der Waals surface area contributed by atoms with Gasteiger partial charge in [-0.3, -0.25) is 0 Å². The molecule has 2 heteroatoms. The van der Waals surface area contributed by atoms with Gasteiger partial charge < -0.3 is 5.73 Å². The SMILES string of the molecule is Cc1ccc(C#N)c2c1[C@H](N)CC2. The van der Waals surface area contributed by atoms with Gasteiger partial charge in [0.05, 0.1) is 11.6 Å². The zero-order chi connectivity index (χ0) is 9.42. The van der Waals surface area contributed by atoms with Crippen molar-refractivity contribution in [2.45, 2.75) is 25.8 Å². The van der Waals surface area contributed by atoms with Crippen LogP contribution in [-0.4, -0.2) is 0 Å². The lowest BCUT2D eigenvalue weighted by molar-refractivity contribution is 0.710. The van der Waals surface area contributed by atoms with Gasteiger partial charge >= 0.3 is 0 Å². The lowest BCUT2D eigenvalue weighted by Crippen LogP contribution is -2.07. The number of benzene rings is 1. The molecule has 2 N–H and O–H groups in total. The van der Waals surface area contributed by atoms with Crippen LogP contribution in [0.2, 0.25) is 0 Å². The maximum Gasteiger partial charge on any atom is 0.0994 e. The second kappa shape index (κ2) is 2.86. The summed E-state index contributed by atoms with van der Waals surface area (Å²) in [7, 11) is 0. The van der Waals surface area contributed by atoms with Gasteiger partial charge in [0.1, 0.15) is 0 Å². The summed E-state index contributed by atoms with van der Waals surface area (Å²) in [6.45, 7) is 2.06. The van der Waals surface area contributed by atoms with Crippen molar-refractivity contribution in [2.75, 3.05) is 0 Å². The molecule has 0 heterocycles. The molecule has 1 aromatic carbocycles. The fourth-order valence-electron chi connectivity index (χ4n) is 2.12. The second-order valence-corrected chi connectivity index (χ2v) is 3.58. The molecule has 0 saturated heterocycles. The number of nitrogens with two attached hydrogens (primary N) is 1. The molecule has 0 aliphatic heterocycles. The predicted octanol–water partition coefficient (Wildman–Crippen LogP) is 1.81. The molecule has 1 aliphatic carbocycles. The zero-order valence-electron chi connectivity index (χ0n) is 7.67. The molecule has 0 saturated carbocycles. The third-order valence-electron chi connectivity index (χ3n) is 2.77. The molecule has 2 rings (SSSR count). The lowest BCUT2D eigenvalue weighted by atomic mass is 9.98. The molecule has 0 bridgehead atoms. The summed E-state index contributed by atoms with van der Waals surface area (Å²) in [5.41, 5.74) is 10.4. The van der Waals surface area contributed by atoms with E-state index in [0.29, 0.717) is 0 Å². The van der Waals surface area contributed by atoms with Crippen LogP contribution >= 0.6 is 0 Å². The van der Waals surface area contributed by atoms with Crippen LogP contribution in [0, 0.1) is 18.3 Å². The fraction of sp³-hybridized carbons (Fsp3) is 0.364. The molecule has 0 amide bonds. The number of aryl methyl sites for hydroxylation is 1. The van der Waals surface area contributed by atoms with E-state index < -0.39 is 0 Å². The summed E-state index contributed by atoms with van der Waals surface area (Å²) in [4.78, 5) is 0. The van der Waals surface area contributed by atoms with Gasteiger partial charge in [-0.25, -0.2) is 0 Å². The van der Waals surface area contributed by atoms with Gasteiger partial charge in [-0.15, -0.1) is 0 Å². The fourth-order valence-corrected chi connectivity index (χ4v) is 2.12. The van der Waals surface area contributed by atoms with Gasteiger partial charge in [-0.05, 0) is 42.5 Å². The first kappa shape index (κ1) is 8.28. The minimum absolute atomic E-state index is 0.142. The summed E-state index contributed by atoms with van der Waals surface area (Å²) in [5.74, 6) is 0. The number of fused-ring (bicyclic) bond motifs is 1. The molecule has 13 heavy (non-hydrogen) atoms. The number of nitriles is 1. The minimum Gasteiger partial charge on any atom is -0.324 e. The first-order valence-electron chi connectivity index (χ1n) is 4.52. The summed E-state index contributed by atoms with van der Waals surface area (Å²) in [5, 5.41) is 8.89. The third kappa shape index (κ3) is 1.13. The van der Waals surface area contributed by atoms with Crippen LogP contribution in [-0.2, 0) is 6.42 Å². The standard InChI is InChI=1S/C11H12N2/c1-7-2-3-8(6-12)9-4-5-10(13)11(7)9/h2-3,10H,4-5,13H2,1H3/t10-/m1/s1.